The van der Waals surface area contributed by atoms with Gasteiger partial charge in [-0.3, -0.25) is 0 Å². The van der Waals surface area contributed by atoms with E-state index >= 15 is 0 Å². The standard InChI is InChI=1S/C16H20ClNO.C3H7NO2/c1-9-11-4-15(17)16(19-8-10-2-3-10)5-12(11)14-7-18-6-13(9)14;1-2-4-3(5)6/h4-5,9-10,13-14,18H,2-3,6-8H2,1H3;4H,2H2,1H3,(H,5,6). The smallest absolute Gasteiger partial charge is 0.404 e. The van der Waals surface area contributed by atoms with Crippen LogP contribution in [0.15, 0.2) is 12.1 Å². The van der Waals surface area contributed by atoms with Crippen LogP contribution >= 0.6 is 11.6 Å². The highest BCUT2D eigenvalue weighted by Gasteiger charge is 2.41. The number of carbonyl (C=O) groups is 1. The minimum atomic E-state index is -0.961. The van der Waals surface area contributed by atoms with Crippen LogP contribution in [0.1, 0.15) is 49.7 Å². The third-order valence-corrected chi connectivity index (χ3v) is 5.73. The van der Waals surface area contributed by atoms with Gasteiger partial charge in [-0.2, -0.15) is 0 Å². The second-order valence-electron chi connectivity index (χ2n) is 7.22. The van der Waals surface area contributed by atoms with Gasteiger partial charge in [0.15, 0.2) is 0 Å². The van der Waals surface area contributed by atoms with Crippen molar-refractivity contribution < 1.29 is 14.6 Å². The Morgan fingerprint density at radius 2 is 2.12 bits per heavy atom. The van der Waals surface area contributed by atoms with Crippen LogP contribution in [-0.4, -0.2) is 37.4 Å². The second-order valence-corrected chi connectivity index (χ2v) is 7.63. The Bertz CT molecular complexity index is 633. The Kier molecular flexibility index (Phi) is 5.74. The lowest BCUT2D eigenvalue weighted by atomic mass is 9.91. The van der Waals surface area contributed by atoms with E-state index in [-0.39, 0.29) is 0 Å². The van der Waals surface area contributed by atoms with E-state index in [1.165, 1.54) is 24.0 Å². The zero-order valence-corrected chi connectivity index (χ0v) is 15.6. The molecule has 0 bridgehead atoms. The number of ether oxygens (including phenoxy) is 1. The van der Waals surface area contributed by atoms with Gasteiger partial charge in [-0.25, -0.2) is 4.79 Å². The van der Waals surface area contributed by atoms with Gasteiger partial charge in [0.2, 0.25) is 0 Å². The van der Waals surface area contributed by atoms with E-state index in [9.17, 15) is 4.79 Å². The summed E-state index contributed by atoms with van der Waals surface area (Å²) in [6, 6.07) is 4.37. The summed E-state index contributed by atoms with van der Waals surface area (Å²) >= 11 is 6.39. The largest absolute Gasteiger partial charge is 0.492 e. The molecule has 0 radical (unpaired) electrons. The molecule has 5 nitrogen and oxygen atoms in total. The molecular formula is C19H27ClN2O3. The molecule has 1 heterocycles. The normalized spacial score (nSPS) is 26.3. The number of halogens is 1. The number of hydrogen-bond acceptors (Lipinski definition) is 3. The van der Waals surface area contributed by atoms with Gasteiger partial charge in [-0.05, 0) is 67.3 Å². The molecule has 4 rings (SSSR count). The van der Waals surface area contributed by atoms with E-state index in [4.69, 9.17) is 21.4 Å². The molecular weight excluding hydrogens is 340 g/mol. The van der Waals surface area contributed by atoms with Crippen molar-refractivity contribution in [1.29, 1.82) is 0 Å². The Labute approximate surface area is 154 Å². The Morgan fingerprint density at radius 1 is 1.36 bits per heavy atom. The van der Waals surface area contributed by atoms with E-state index in [1.807, 2.05) is 0 Å². The lowest BCUT2D eigenvalue weighted by molar-refractivity contribution is 0.195. The van der Waals surface area contributed by atoms with Crippen molar-refractivity contribution in [2.45, 2.75) is 38.5 Å². The Hall–Kier alpha value is -1.46. The van der Waals surface area contributed by atoms with E-state index in [2.05, 4.69) is 29.7 Å². The molecule has 1 aliphatic heterocycles. The fourth-order valence-corrected chi connectivity index (χ4v) is 4.08. The minimum absolute atomic E-state index is 0.481. The van der Waals surface area contributed by atoms with E-state index in [1.54, 1.807) is 6.92 Å². The molecule has 0 aromatic heterocycles. The van der Waals surface area contributed by atoms with E-state index in [0.717, 1.165) is 42.3 Å². The number of carboxylic acid groups (broad SMARTS) is 1. The summed E-state index contributed by atoms with van der Waals surface area (Å²) in [4.78, 5) is 9.49. The monoisotopic (exact) mass is 366 g/mol. The maximum Gasteiger partial charge on any atom is 0.404 e. The van der Waals surface area contributed by atoms with Crippen LogP contribution in [0, 0.1) is 11.8 Å². The van der Waals surface area contributed by atoms with Gasteiger partial charge < -0.3 is 20.5 Å². The molecule has 3 N–H and O–H groups in total. The number of nitrogens with one attached hydrogen (secondary N) is 2. The van der Waals surface area contributed by atoms with E-state index in [0.29, 0.717) is 18.4 Å². The summed E-state index contributed by atoms with van der Waals surface area (Å²) in [7, 11) is 0. The summed E-state index contributed by atoms with van der Waals surface area (Å²) in [5.74, 6) is 3.68. The topological polar surface area (TPSA) is 70.6 Å². The van der Waals surface area contributed by atoms with Gasteiger partial charge >= 0.3 is 6.09 Å². The fourth-order valence-electron chi connectivity index (χ4n) is 3.85. The molecule has 25 heavy (non-hydrogen) atoms. The van der Waals surface area contributed by atoms with Crippen LogP contribution < -0.4 is 15.4 Å². The van der Waals surface area contributed by atoms with Crippen LogP contribution in [0.5, 0.6) is 5.75 Å². The summed E-state index contributed by atoms with van der Waals surface area (Å²) in [5, 5.41) is 14.2. The first-order valence-corrected chi connectivity index (χ1v) is 9.52. The maximum absolute atomic E-state index is 9.49. The number of amides is 1. The third-order valence-electron chi connectivity index (χ3n) is 5.43. The summed E-state index contributed by atoms with van der Waals surface area (Å²) in [6.45, 7) is 7.61. The molecule has 3 atom stereocenters. The quantitative estimate of drug-likeness (QED) is 0.757. The van der Waals surface area contributed by atoms with Gasteiger partial charge in [0.1, 0.15) is 5.75 Å². The number of hydrogen-bond donors (Lipinski definition) is 3. The lowest BCUT2D eigenvalue weighted by Gasteiger charge is -2.13. The predicted octanol–water partition coefficient (Wildman–Crippen LogP) is 3.82. The van der Waals surface area contributed by atoms with Crippen molar-refractivity contribution in [3.8, 4) is 5.75 Å². The van der Waals surface area contributed by atoms with Crippen LogP contribution in [0.25, 0.3) is 0 Å². The zero-order chi connectivity index (χ0) is 18.0. The van der Waals surface area contributed by atoms with Crippen LogP contribution in [0.4, 0.5) is 4.79 Å². The average molecular weight is 367 g/mol. The zero-order valence-electron chi connectivity index (χ0n) is 14.8. The van der Waals surface area contributed by atoms with Crippen molar-refractivity contribution in [2.75, 3.05) is 26.2 Å². The molecule has 1 saturated carbocycles. The fraction of sp³-hybridized carbons (Fsp3) is 0.632. The van der Waals surface area contributed by atoms with Gasteiger partial charge in [0.25, 0.3) is 0 Å². The molecule has 2 aliphatic carbocycles. The molecule has 138 valence electrons. The highest BCUT2D eigenvalue weighted by Crippen LogP contribution is 2.50. The maximum atomic E-state index is 9.49. The second kappa shape index (κ2) is 7.83. The molecule has 3 aliphatic rings. The Balaban J connectivity index is 0.000000265. The van der Waals surface area contributed by atoms with Gasteiger partial charge in [0.05, 0.1) is 11.6 Å². The van der Waals surface area contributed by atoms with Gasteiger partial charge in [-0.1, -0.05) is 18.5 Å². The van der Waals surface area contributed by atoms with Crippen molar-refractivity contribution in [3.05, 3.63) is 28.3 Å². The lowest BCUT2D eigenvalue weighted by Crippen LogP contribution is -2.19. The first kappa shape index (κ1) is 18.3. The molecule has 1 amide bonds. The van der Waals surface area contributed by atoms with Crippen molar-refractivity contribution in [2.24, 2.45) is 11.8 Å². The molecule has 1 saturated heterocycles. The first-order chi connectivity index (χ1) is 12.0. The molecule has 2 fully saturated rings. The predicted molar refractivity (Wildman–Crippen MR) is 98.9 cm³/mol. The highest BCUT2D eigenvalue weighted by atomic mass is 35.5. The van der Waals surface area contributed by atoms with Crippen LogP contribution in [0.3, 0.4) is 0 Å². The van der Waals surface area contributed by atoms with Crippen molar-refractivity contribution in [1.82, 2.24) is 10.6 Å². The number of rotatable bonds is 4. The summed E-state index contributed by atoms with van der Waals surface area (Å²) in [6.07, 6.45) is 1.67. The van der Waals surface area contributed by atoms with Crippen molar-refractivity contribution >= 4 is 17.7 Å². The van der Waals surface area contributed by atoms with E-state index < -0.39 is 6.09 Å². The molecule has 0 spiro atoms. The summed E-state index contributed by atoms with van der Waals surface area (Å²) < 4.78 is 5.92. The molecule has 6 heteroatoms. The van der Waals surface area contributed by atoms with Crippen LogP contribution in [0.2, 0.25) is 5.02 Å². The third kappa shape index (κ3) is 4.21. The van der Waals surface area contributed by atoms with Crippen LogP contribution in [-0.2, 0) is 0 Å². The average Bonchev–Trinajstić information content (AvgIpc) is 3.21. The SMILES string of the molecule is CC1c2cc(Cl)c(OCC3CC3)cc2C2CNCC12.CCNC(=O)O. The summed E-state index contributed by atoms with van der Waals surface area (Å²) in [5.41, 5.74) is 2.91. The first-order valence-electron chi connectivity index (χ1n) is 9.14. The van der Waals surface area contributed by atoms with Crippen molar-refractivity contribution in [3.63, 3.8) is 0 Å². The number of benzene rings is 1. The minimum Gasteiger partial charge on any atom is -0.492 e. The molecule has 1 aromatic rings. The number of fused-ring (bicyclic) bond motifs is 3. The van der Waals surface area contributed by atoms with Gasteiger partial charge in [-0.15, -0.1) is 0 Å². The molecule has 3 unspecified atom stereocenters. The molecule has 1 aromatic carbocycles. The Morgan fingerprint density at radius 3 is 2.72 bits per heavy atom. The highest BCUT2D eigenvalue weighted by molar-refractivity contribution is 6.32. The van der Waals surface area contributed by atoms with Gasteiger partial charge in [0, 0.05) is 19.0 Å².